The van der Waals surface area contributed by atoms with E-state index >= 15 is 0 Å². The second-order valence-electron chi connectivity index (χ2n) is 12.3. The van der Waals surface area contributed by atoms with Crippen LogP contribution < -0.4 is 0 Å². The van der Waals surface area contributed by atoms with Crippen molar-refractivity contribution in [3.8, 4) is 11.1 Å². The van der Waals surface area contributed by atoms with E-state index in [1.165, 1.54) is 31.2 Å². The molecule has 2 atom stereocenters. The summed E-state index contributed by atoms with van der Waals surface area (Å²) >= 11 is 0. The number of halogens is 5. The number of nitrogens with zero attached hydrogens (tertiary/aromatic N) is 4. The zero-order valence-electron chi connectivity index (χ0n) is 32.0. The minimum atomic E-state index is -4.41. The fourth-order valence-electron chi connectivity index (χ4n) is 5.64. The van der Waals surface area contributed by atoms with Crippen LogP contribution in [-0.4, -0.2) is 82.1 Å². The Balaban J connectivity index is 0.00000277. The van der Waals surface area contributed by atoms with Gasteiger partial charge in [-0.2, -0.15) is 18.3 Å². The average Bonchev–Trinajstić information content (AvgIpc) is 3.15. The lowest BCUT2D eigenvalue weighted by Crippen LogP contribution is -2.50. The first-order chi connectivity index (χ1) is 25.6. The molecule has 2 unspecified atom stereocenters. The van der Waals surface area contributed by atoms with Gasteiger partial charge in [0.15, 0.2) is 5.78 Å². The number of amides is 1. The van der Waals surface area contributed by atoms with Gasteiger partial charge in [-0.1, -0.05) is 63.2 Å². The van der Waals surface area contributed by atoms with Crippen molar-refractivity contribution in [2.24, 2.45) is 5.10 Å². The first-order valence-electron chi connectivity index (χ1n) is 17.8. The molecule has 0 radical (unpaired) electrons. The topological polar surface area (TPSA) is 93.5 Å². The van der Waals surface area contributed by atoms with Crippen molar-refractivity contribution < 1.29 is 41.4 Å². The molecule has 3 rings (SSSR count). The fourth-order valence-corrected chi connectivity index (χ4v) is 5.64. The normalized spacial score (nSPS) is 12.4. The SMILES string of the molecule is C=C.CC/C(=N/N(C(C)CCc1ccc(F)cc1F)C(C)C(=O)N(CCN(CC)CC)Cc1ccc(-c2ccc(C(F)(F)F)cc2)cc1)C(C)=O.O=CO. The molecule has 3 aromatic rings. The van der Waals surface area contributed by atoms with Crippen LogP contribution in [0.5, 0.6) is 0 Å². The quantitative estimate of drug-likeness (QED) is 0.0486. The molecule has 0 aliphatic rings. The van der Waals surface area contributed by atoms with Crippen LogP contribution in [0.3, 0.4) is 0 Å². The second-order valence-corrected chi connectivity index (χ2v) is 12.3. The van der Waals surface area contributed by atoms with Crippen LogP contribution in [0.15, 0.2) is 85.0 Å². The molecule has 0 aliphatic carbocycles. The summed E-state index contributed by atoms with van der Waals surface area (Å²) in [5.74, 6) is -1.72. The molecular weight excluding hydrogens is 707 g/mol. The molecule has 8 nitrogen and oxygen atoms in total. The van der Waals surface area contributed by atoms with Gasteiger partial charge in [0, 0.05) is 38.7 Å². The maximum Gasteiger partial charge on any atom is 0.416 e. The van der Waals surface area contributed by atoms with Crippen molar-refractivity contribution in [3.05, 3.63) is 108 Å². The molecular formula is C41H53F5N4O4. The molecule has 0 bridgehead atoms. The number of ketones is 1. The summed E-state index contributed by atoms with van der Waals surface area (Å²) in [6, 6.07) is 14.6. The Morgan fingerprint density at radius 2 is 1.43 bits per heavy atom. The van der Waals surface area contributed by atoms with E-state index in [2.05, 4.69) is 23.2 Å². The van der Waals surface area contributed by atoms with Gasteiger partial charge in [0.25, 0.3) is 6.47 Å². The van der Waals surface area contributed by atoms with E-state index in [4.69, 9.17) is 9.90 Å². The highest BCUT2D eigenvalue weighted by Crippen LogP contribution is 2.31. The lowest BCUT2D eigenvalue weighted by Gasteiger charge is -2.36. The van der Waals surface area contributed by atoms with E-state index in [0.29, 0.717) is 42.8 Å². The monoisotopic (exact) mass is 760 g/mol. The summed E-state index contributed by atoms with van der Waals surface area (Å²) in [6.07, 6.45) is -3.38. The van der Waals surface area contributed by atoms with Crippen molar-refractivity contribution in [2.75, 3.05) is 26.2 Å². The number of likely N-dealkylation sites (N-methyl/N-ethyl adjacent to an activating group) is 1. The van der Waals surface area contributed by atoms with Gasteiger partial charge < -0.3 is 14.9 Å². The lowest BCUT2D eigenvalue weighted by molar-refractivity contribution is -0.138. The van der Waals surface area contributed by atoms with Crippen molar-refractivity contribution in [3.63, 3.8) is 0 Å². The number of carbonyl (C=O) groups is 3. The summed E-state index contributed by atoms with van der Waals surface area (Å²) in [7, 11) is 0. The number of alkyl halides is 3. The van der Waals surface area contributed by atoms with Gasteiger partial charge in [-0.25, -0.2) is 8.78 Å². The zero-order valence-corrected chi connectivity index (χ0v) is 32.0. The molecule has 0 aromatic heterocycles. The van der Waals surface area contributed by atoms with Crippen LogP contribution >= 0.6 is 0 Å². The number of Topliss-reactive ketones (excluding diaryl/α,β-unsaturated/α-hetero) is 1. The molecule has 0 saturated heterocycles. The molecule has 54 heavy (non-hydrogen) atoms. The van der Waals surface area contributed by atoms with E-state index in [0.717, 1.165) is 42.4 Å². The fraction of sp³-hybridized carbons (Fsp3) is 0.415. The van der Waals surface area contributed by atoms with Gasteiger partial charge in [0.2, 0.25) is 5.91 Å². The van der Waals surface area contributed by atoms with Crippen molar-refractivity contribution >= 4 is 23.9 Å². The van der Waals surface area contributed by atoms with Crippen LogP contribution in [0.1, 0.15) is 71.1 Å². The highest BCUT2D eigenvalue weighted by atomic mass is 19.4. The summed E-state index contributed by atoms with van der Waals surface area (Å²) in [6.45, 7) is 19.6. The summed E-state index contributed by atoms with van der Waals surface area (Å²) in [5.41, 5.74) is 2.17. The number of benzene rings is 3. The molecule has 0 saturated carbocycles. The molecule has 1 N–H and O–H groups in total. The molecule has 0 fully saturated rings. The minimum absolute atomic E-state index is 0.207. The Morgan fingerprint density at radius 1 is 0.889 bits per heavy atom. The van der Waals surface area contributed by atoms with Gasteiger partial charge in [-0.15, -0.1) is 13.2 Å². The molecule has 0 spiro atoms. The molecule has 3 aromatic carbocycles. The third-order valence-electron chi connectivity index (χ3n) is 8.80. The third kappa shape index (κ3) is 14.8. The van der Waals surface area contributed by atoms with Gasteiger partial charge in [0.05, 0.1) is 5.56 Å². The first kappa shape index (κ1) is 47.1. The maximum atomic E-state index is 14.4. The smallest absolute Gasteiger partial charge is 0.416 e. The van der Waals surface area contributed by atoms with Gasteiger partial charge >= 0.3 is 6.18 Å². The van der Waals surface area contributed by atoms with Crippen LogP contribution in [-0.2, 0) is 33.5 Å². The number of aryl methyl sites for hydroxylation is 1. The lowest BCUT2D eigenvalue weighted by atomic mass is 10.0. The van der Waals surface area contributed by atoms with E-state index in [1.807, 2.05) is 52.0 Å². The highest BCUT2D eigenvalue weighted by Gasteiger charge is 2.31. The Kier molecular flexibility index (Phi) is 20.7. The Labute approximate surface area is 316 Å². The Hall–Kier alpha value is -4.91. The standard InChI is InChI=1S/C38H47F5N4O2.C2H4.CH2O2/c1-7-36(28(6)48)44-47(26(4)10-13-32-18-21-34(39)24-35(32)40)27(5)37(49)46(23-22-45(8-2)9-3)25-29-11-14-30(15-12-29)31-16-19-33(20-17-31)38(41,42)43;1-2;2-1-3/h11-12,14-21,24,26-27H,7-10,13,22-23,25H2,1-6H3;1-2H2;1H,(H,2,3)/b44-36-;;. The molecule has 0 aliphatic heterocycles. The number of hydrazone groups is 1. The van der Waals surface area contributed by atoms with Crippen molar-refractivity contribution in [1.29, 1.82) is 0 Å². The number of rotatable bonds is 17. The maximum absolute atomic E-state index is 14.4. The van der Waals surface area contributed by atoms with Crippen LogP contribution in [0.4, 0.5) is 22.0 Å². The van der Waals surface area contributed by atoms with Crippen LogP contribution in [0, 0.1) is 11.6 Å². The van der Waals surface area contributed by atoms with E-state index in [1.54, 1.807) is 16.8 Å². The third-order valence-corrected chi connectivity index (χ3v) is 8.80. The van der Waals surface area contributed by atoms with E-state index in [9.17, 15) is 31.5 Å². The first-order valence-corrected chi connectivity index (χ1v) is 17.8. The molecule has 1 amide bonds. The van der Waals surface area contributed by atoms with E-state index < -0.39 is 29.4 Å². The van der Waals surface area contributed by atoms with Crippen molar-refractivity contribution in [2.45, 2.75) is 85.6 Å². The minimum Gasteiger partial charge on any atom is -0.483 e. The van der Waals surface area contributed by atoms with Crippen LogP contribution in [0.2, 0.25) is 0 Å². The summed E-state index contributed by atoms with van der Waals surface area (Å²) in [4.78, 5) is 39.0. The Morgan fingerprint density at radius 3 is 1.89 bits per heavy atom. The van der Waals surface area contributed by atoms with Crippen molar-refractivity contribution in [1.82, 2.24) is 14.8 Å². The second kappa shape index (κ2) is 23.7. The van der Waals surface area contributed by atoms with Gasteiger partial charge in [-0.3, -0.25) is 19.4 Å². The molecule has 0 heterocycles. The average molecular weight is 761 g/mol. The molecule has 296 valence electrons. The van der Waals surface area contributed by atoms with E-state index in [-0.39, 0.29) is 37.2 Å². The summed E-state index contributed by atoms with van der Waals surface area (Å²) < 4.78 is 67.0. The summed E-state index contributed by atoms with van der Waals surface area (Å²) in [5, 5.41) is 13.2. The van der Waals surface area contributed by atoms with Crippen LogP contribution in [0.25, 0.3) is 11.1 Å². The van der Waals surface area contributed by atoms with Gasteiger partial charge in [0.1, 0.15) is 23.4 Å². The largest absolute Gasteiger partial charge is 0.483 e. The predicted molar refractivity (Wildman–Crippen MR) is 204 cm³/mol. The number of hydrogen-bond acceptors (Lipinski definition) is 6. The van der Waals surface area contributed by atoms with Gasteiger partial charge in [-0.05, 0) is 86.7 Å². The number of carbonyl (C=O) groups excluding carboxylic acids is 2. The zero-order chi connectivity index (χ0) is 41.0. The number of hydrogen-bond donors (Lipinski definition) is 1. The highest BCUT2D eigenvalue weighted by molar-refractivity contribution is 6.38. The predicted octanol–water partition coefficient (Wildman–Crippen LogP) is 8.89. The molecule has 13 heteroatoms. The Bertz CT molecular complexity index is 1630. The number of carboxylic acid groups (broad SMARTS) is 1.